The van der Waals surface area contributed by atoms with Gasteiger partial charge in [0.15, 0.2) is 0 Å². The van der Waals surface area contributed by atoms with Gasteiger partial charge in [0.1, 0.15) is 5.70 Å². The summed E-state index contributed by atoms with van der Waals surface area (Å²) in [5, 5.41) is 10.6. The van der Waals surface area contributed by atoms with E-state index in [1.54, 1.807) is 5.43 Å². The van der Waals surface area contributed by atoms with E-state index in [-0.39, 0.29) is 0 Å². The Labute approximate surface area is 123 Å². The predicted octanol–water partition coefficient (Wildman–Crippen LogP) is 2.48. The molecular formula is C10H6F6N4O3. The number of hydrogen-bond acceptors (Lipinski definition) is 6. The standard InChI is InChI=1S/C10H6F6N4O3/c11-9(12,13)6(4-7(21)10(14,15)16)18-19-8-5(20(22)23)2-1-3-17-8/h1-4,18H,(H,17,19)/b6-4-. The van der Waals surface area contributed by atoms with Crippen LogP contribution in [0, 0.1) is 10.1 Å². The number of anilines is 1. The van der Waals surface area contributed by atoms with Crippen LogP contribution < -0.4 is 10.9 Å². The Bertz CT molecular complexity index is 640. The van der Waals surface area contributed by atoms with Crippen LogP contribution in [0.4, 0.5) is 37.8 Å². The van der Waals surface area contributed by atoms with Crippen molar-refractivity contribution in [2.45, 2.75) is 12.4 Å². The number of halogens is 6. The molecular weight excluding hydrogens is 338 g/mol. The number of hydrazine groups is 1. The fourth-order valence-electron chi connectivity index (χ4n) is 1.17. The van der Waals surface area contributed by atoms with Crippen molar-refractivity contribution in [3.05, 3.63) is 40.2 Å². The molecule has 1 heterocycles. The van der Waals surface area contributed by atoms with Crippen molar-refractivity contribution in [3.8, 4) is 0 Å². The van der Waals surface area contributed by atoms with Gasteiger partial charge < -0.3 is 0 Å². The Balaban J connectivity index is 3.04. The lowest BCUT2D eigenvalue weighted by Crippen LogP contribution is -2.33. The molecule has 0 aromatic carbocycles. The monoisotopic (exact) mass is 344 g/mol. The van der Waals surface area contributed by atoms with E-state index in [4.69, 9.17) is 0 Å². The molecule has 126 valence electrons. The number of rotatable bonds is 5. The molecule has 0 aliphatic heterocycles. The average molecular weight is 344 g/mol. The summed E-state index contributed by atoms with van der Waals surface area (Å²) in [6.07, 6.45) is -10.6. The largest absolute Gasteiger partial charge is 0.454 e. The van der Waals surface area contributed by atoms with Crippen molar-refractivity contribution in [1.29, 1.82) is 0 Å². The smallest absolute Gasteiger partial charge is 0.295 e. The normalized spacial score (nSPS) is 12.7. The van der Waals surface area contributed by atoms with Crippen LogP contribution in [0.25, 0.3) is 0 Å². The molecule has 0 saturated carbocycles. The number of carbonyl (C=O) groups excluding carboxylic acids is 1. The molecule has 1 aromatic rings. The molecule has 0 fully saturated rings. The van der Waals surface area contributed by atoms with Gasteiger partial charge in [-0.25, -0.2) is 4.98 Å². The van der Waals surface area contributed by atoms with Gasteiger partial charge >= 0.3 is 18.0 Å². The lowest BCUT2D eigenvalue weighted by atomic mass is 10.3. The van der Waals surface area contributed by atoms with Gasteiger partial charge in [0.05, 0.1) is 4.92 Å². The summed E-state index contributed by atoms with van der Waals surface area (Å²) < 4.78 is 73.8. The van der Waals surface area contributed by atoms with Gasteiger partial charge in [-0.1, -0.05) is 0 Å². The molecule has 0 radical (unpaired) electrons. The van der Waals surface area contributed by atoms with Crippen molar-refractivity contribution in [2.75, 3.05) is 5.43 Å². The summed E-state index contributed by atoms with van der Waals surface area (Å²) >= 11 is 0. The summed E-state index contributed by atoms with van der Waals surface area (Å²) in [6.45, 7) is 0. The minimum absolute atomic E-state index is 0.688. The van der Waals surface area contributed by atoms with Crippen LogP contribution >= 0.6 is 0 Å². The third-order valence-electron chi connectivity index (χ3n) is 2.16. The maximum absolute atomic E-state index is 12.6. The number of allylic oxidation sites excluding steroid dienone is 2. The van der Waals surface area contributed by atoms with Crippen LogP contribution in [-0.4, -0.2) is 28.0 Å². The lowest BCUT2D eigenvalue weighted by Gasteiger charge is -2.15. The second-order valence-corrected chi connectivity index (χ2v) is 3.80. The van der Waals surface area contributed by atoms with Gasteiger partial charge in [-0.05, 0) is 6.07 Å². The zero-order valence-electron chi connectivity index (χ0n) is 10.7. The van der Waals surface area contributed by atoms with Crippen LogP contribution in [0.3, 0.4) is 0 Å². The molecule has 23 heavy (non-hydrogen) atoms. The third-order valence-corrected chi connectivity index (χ3v) is 2.16. The fraction of sp³-hybridized carbons (Fsp3) is 0.200. The summed E-state index contributed by atoms with van der Waals surface area (Å²) in [5.41, 5.74) is 0.0899. The van der Waals surface area contributed by atoms with Crippen molar-refractivity contribution >= 4 is 17.3 Å². The first-order valence-electron chi connectivity index (χ1n) is 5.44. The molecule has 0 unspecified atom stereocenters. The first-order valence-corrected chi connectivity index (χ1v) is 5.44. The molecule has 13 heteroatoms. The molecule has 1 rings (SSSR count). The van der Waals surface area contributed by atoms with Crippen LogP contribution in [0.5, 0.6) is 0 Å². The molecule has 0 saturated heterocycles. The van der Waals surface area contributed by atoms with Gasteiger partial charge in [-0.3, -0.25) is 25.8 Å². The minimum Gasteiger partial charge on any atom is -0.295 e. The van der Waals surface area contributed by atoms with Crippen LogP contribution in [0.15, 0.2) is 30.1 Å². The van der Waals surface area contributed by atoms with E-state index >= 15 is 0 Å². The first-order chi connectivity index (χ1) is 10.4. The molecule has 7 nitrogen and oxygen atoms in total. The van der Waals surface area contributed by atoms with E-state index in [0.717, 1.165) is 18.3 Å². The molecule has 0 amide bonds. The Morgan fingerprint density at radius 1 is 1.22 bits per heavy atom. The number of ketones is 1. The minimum atomic E-state index is -5.50. The van der Waals surface area contributed by atoms with Crippen molar-refractivity contribution in [2.24, 2.45) is 0 Å². The van der Waals surface area contributed by atoms with E-state index in [2.05, 4.69) is 4.98 Å². The summed E-state index contributed by atoms with van der Waals surface area (Å²) in [7, 11) is 0. The van der Waals surface area contributed by atoms with Gasteiger partial charge in [-0.15, -0.1) is 0 Å². The SMILES string of the molecule is O=C(/C=C(\NNc1ncccc1[N+](=O)[O-])C(F)(F)F)C(F)(F)F. The molecule has 0 spiro atoms. The number of nitrogens with one attached hydrogen (secondary N) is 2. The highest BCUT2D eigenvalue weighted by atomic mass is 19.4. The van der Waals surface area contributed by atoms with Crippen molar-refractivity contribution in [1.82, 2.24) is 10.4 Å². The Kier molecular flexibility index (Phi) is 5.14. The summed E-state index contributed by atoms with van der Waals surface area (Å²) in [6, 6.07) is 2.02. The van der Waals surface area contributed by atoms with Crippen LogP contribution in [0.2, 0.25) is 0 Å². The molecule has 0 atom stereocenters. The predicted molar refractivity (Wildman–Crippen MR) is 62.8 cm³/mol. The molecule has 2 N–H and O–H groups in total. The summed E-state index contributed by atoms with van der Waals surface area (Å²) in [4.78, 5) is 23.6. The van der Waals surface area contributed by atoms with E-state index in [9.17, 15) is 41.3 Å². The second-order valence-electron chi connectivity index (χ2n) is 3.80. The van der Waals surface area contributed by atoms with Gasteiger partial charge in [0.25, 0.3) is 5.78 Å². The number of alkyl halides is 6. The highest BCUT2D eigenvalue weighted by molar-refractivity contribution is 5.95. The zero-order valence-corrected chi connectivity index (χ0v) is 10.7. The first kappa shape index (κ1) is 18.2. The highest BCUT2D eigenvalue weighted by Gasteiger charge is 2.41. The third kappa shape index (κ3) is 5.12. The van der Waals surface area contributed by atoms with E-state index in [0.29, 0.717) is 0 Å². The Morgan fingerprint density at radius 3 is 2.30 bits per heavy atom. The van der Waals surface area contributed by atoms with Crippen LogP contribution in [0.1, 0.15) is 0 Å². The van der Waals surface area contributed by atoms with Gasteiger partial charge in [0.2, 0.25) is 5.82 Å². The van der Waals surface area contributed by atoms with E-state index in [1.807, 2.05) is 0 Å². The maximum Gasteiger partial charge on any atom is 0.454 e. The molecule has 0 bridgehead atoms. The zero-order chi connectivity index (χ0) is 17.8. The second kappa shape index (κ2) is 6.50. The maximum atomic E-state index is 12.6. The Morgan fingerprint density at radius 2 is 1.83 bits per heavy atom. The number of hydrogen-bond donors (Lipinski definition) is 2. The molecule has 1 aromatic heterocycles. The number of nitro groups is 1. The van der Waals surface area contributed by atoms with E-state index < -0.39 is 46.3 Å². The average Bonchev–Trinajstić information content (AvgIpc) is 2.40. The topological polar surface area (TPSA) is 97.2 Å². The number of pyridine rings is 1. The molecule has 0 aliphatic rings. The summed E-state index contributed by atoms with van der Waals surface area (Å²) in [5.74, 6) is -3.44. The van der Waals surface area contributed by atoms with Gasteiger partial charge in [-0.2, -0.15) is 26.3 Å². The van der Waals surface area contributed by atoms with E-state index in [1.165, 1.54) is 5.43 Å². The van der Waals surface area contributed by atoms with Crippen LogP contribution in [-0.2, 0) is 4.79 Å². The molecule has 0 aliphatic carbocycles. The fourth-order valence-corrected chi connectivity index (χ4v) is 1.17. The highest BCUT2D eigenvalue weighted by Crippen LogP contribution is 2.27. The van der Waals surface area contributed by atoms with Gasteiger partial charge in [0, 0.05) is 18.3 Å². The van der Waals surface area contributed by atoms with Crippen molar-refractivity contribution in [3.63, 3.8) is 0 Å². The van der Waals surface area contributed by atoms with Crippen molar-refractivity contribution < 1.29 is 36.1 Å². The quantitative estimate of drug-likeness (QED) is 0.369. The lowest BCUT2D eigenvalue weighted by molar-refractivity contribution is -0.384. The number of aromatic nitrogens is 1. The number of carbonyl (C=O) groups is 1. The number of nitrogens with zero attached hydrogens (tertiary/aromatic N) is 2. The Hall–Kier alpha value is -2.86.